The van der Waals surface area contributed by atoms with Crippen LogP contribution in [0.1, 0.15) is 32.4 Å². The van der Waals surface area contributed by atoms with Crippen LogP contribution < -0.4 is 5.32 Å². The zero-order chi connectivity index (χ0) is 14.4. The Hall–Kier alpha value is -1.85. The zero-order valence-electron chi connectivity index (χ0n) is 11.6. The molecular formula is C13H21N3O3. The molecule has 0 saturated heterocycles. The second kappa shape index (κ2) is 6.92. The molecule has 0 spiro atoms. The van der Waals surface area contributed by atoms with Crippen molar-refractivity contribution in [2.75, 3.05) is 0 Å². The quantitative estimate of drug-likeness (QED) is 0.771. The first kappa shape index (κ1) is 15.2. The van der Waals surface area contributed by atoms with Crippen LogP contribution in [0.15, 0.2) is 12.3 Å². The summed E-state index contributed by atoms with van der Waals surface area (Å²) in [6, 6.07) is 1.04. The summed E-state index contributed by atoms with van der Waals surface area (Å²) in [6.45, 7) is 3.86. The Kier molecular flexibility index (Phi) is 5.54. The minimum atomic E-state index is -0.984. The molecule has 0 aliphatic carbocycles. The van der Waals surface area contributed by atoms with Crippen LogP contribution in [0.2, 0.25) is 0 Å². The number of aliphatic carboxylic acids is 1. The Morgan fingerprint density at radius 2 is 2.16 bits per heavy atom. The van der Waals surface area contributed by atoms with E-state index >= 15 is 0 Å². The Balaban J connectivity index is 2.45. The number of hydrogen-bond donors (Lipinski definition) is 2. The fraction of sp³-hybridized carbons (Fsp3) is 0.615. The molecule has 1 amide bonds. The third kappa shape index (κ3) is 5.11. The van der Waals surface area contributed by atoms with E-state index < -0.39 is 12.0 Å². The third-order valence-electron chi connectivity index (χ3n) is 2.87. The number of carboxylic acids is 1. The smallest absolute Gasteiger partial charge is 0.326 e. The van der Waals surface area contributed by atoms with Gasteiger partial charge in [-0.1, -0.05) is 13.8 Å². The number of rotatable bonds is 7. The molecule has 6 nitrogen and oxygen atoms in total. The number of carbonyl (C=O) groups is 2. The lowest BCUT2D eigenvalue weighted by molar-refractivity contribution is -0.142. The summed E-state index contributed by atoms with van der Waals surface area (Å²) in [5.41, 5.74) is 0.950. The van der Waals surface area contributed by atoms with Gasteiger partial charge in [-0.15, -0.1) is 0 Å². The number of hydrogen-bond acceptors (Lipinski definition) is 3. The summed E-state index contributed by atoms with van der Waals surface area (Å²) in [7, 11) is 1.81. The van der Waals surface area contributed by atoms with E-state index in [0.717, 1.165) is 5.69 Å². The van der Waals surface area contributed by atoms with Gasteiger partial charge in [0, 0.05) is 25.4 Å². The fourth-order valence-electron chi connectivity index (χ4n) is 1.85. The van der Waals surface area contributed by atoms with Crippen LogP contribution in [0.3, 0.4) is 0 Å². The van der Waals surface area contributed by atoms with E-state index in [1.807, 2.05) is 27.0 Å². The van der Waals surface area contributed by atoms with E-state index in [4.69, 9.17) is 5.11 Å². The van der Waals surface area contributed by atoms with Crippen LogP contribution in [0.5, 0.6) is 0 Å². The molecule has 0 fully saturated rings. The van der Waals surface area contributed by atoms with E-state index in [9.17, 15) is 9.59 Å². The van der Waals surface area contributed by atoms with Crippen LogP contribution in [0.25, 0.3) is 0 Å². The molecule has 1 aromatic rings. The van der Waals surface area contributed by atoms with Crippen molar-refractivity contribution in [2.24, 2.45) is 13.0 Å². The minimum absolute atomic E-state index is 0.221. The zero-order valence-corrected chi connectivity index (χ0v) is 11.6. The highest BCUT2D eigenvalue weighted by Crippen LogP contribution is 2.06. The van der Waals surface area contributed by atoms with Crippen LogP contribution in [0, 0.1) is 5.92 Å². The first-order valence-electron chi connectivity index (χ1n) is 6.39. The van der Waals surface area contributed by atoms with Crippen LogP contribution in [0.4, 0.5) is 0 Å². The maximum absolute atomic E-state index is 11.7. The Labute approximate surface area is 112 Å². The predicted molar refractivity (Wildman–Crippen MR) is 70.6 cm³/mol. The Morgan fingerprint density at radius 1 is 1.47 bits per heavy atom. The van der Waals surface area contributed by atoms with Crippen LogP contribution >= 0.6 is 0 Å². The molecule has 0 unspecified atom stereocenters. The van der Waals surface area contributed by atoms with Crippen molar-refractivity contribution in [3.8, 4) is 0 Å². The SMILES string of the molecule is CC(C)C[C@H](NC(=O)CCc1ccnn1C)C(=O)O. The maximum Gasteiger partial charge on any atom is 0.326 e. The van der Waals surface area contributed by atoms with Crippen molar-refractivity contribution in [1.82, 2.24) is 15.1 Å². The Bertz CT molecular complexity index is 440. The second-order valence-corrected chi connectivity index (χ2v) is 5.03. The second-order valence-electron chi connectivity index (χ2n) is 5.03. The number of aryl methyl sites for hydroxylation is 2. The fourth-order valence-corrected chi connectivity index (χ4v) is 1.85. The van der Waals surface area contributed by atoms with E-state index in [1.165, 1.54) is 0 Å². The standard InChI is InChI=1S/C13H21N3O3/c1-9(2)8-11(13(18)19)15-12(17)5-4-10-6-7-14-16(10)3/h6-7,9,11H,4-5,8H2,1-3H3,(H,15,17)(H,18,19)/t11-/m0/s1. The van der Waals surface area contributed by atoms with Gasteiger partial charge in [0.25, 0.3) is 0 Å². The van der Waals surface area contributed by atoms with Gasteiger partial charge >= 0.3 is 5.97 Å². The van der Waals surface area contributed by atoms with Crippen molar-refractivity contribution in [3.05, 3.63) is 18.0 Å². The summed E-state index contributed by atoms with van der Waals surface area (Å²) in [5, 5.41) is 15.6. The summed E-state index contributed by atoms with van der Waals surface area (Å²) >= 11 is 0. The van der Waals surface area contributed by atoms with Gasteiger partial charge in [0.1, 0.15) is 6.04 Å². The lowest BCUT2D eigenvalue weighted by Crippen LogP contribution is -2.41. The van der Waals surface area contributed by atoms with Gasteiger partial charge in [0.2, 0.25) is 5.91 Å². The molecular weight excluding hydrogens is 246 g/mol. The lowest BCUT2D eigenvalue weighted by Gasteiger charge is -2.16. The highest BCUT2D eigenvalue weighted by molar-refractivity contribution is 5.83. The van der Waals surface area contributed by atoms with Crippen LogP contribution in [-0.2, 0) is 23.1 Å². The summed E-state index contributed by atoms with van der Waals surface area (Å²) in [6.07, 6.45) is 2.93. The average molecular weight is 267 g/mol. The maximum atomic E-state index is 11.7. The molecule has 0 aromatic carbocycles. The number of nitrogens with zero attached hydrogens (tertiary/aromatic N) is 2. The van der Waals surface area contributed by atoms with Crippen LogP contribution in [-0.4, -0.2) is 32.8 Å². The van der Waals surface area contributed by atoms with Crippen molar-refractivity contribution < 1.29 is 14.7 Å². The molecule has 0 bridgehead atoms. The predicted octanol–water partition coefficient (Wildman–Crippen LogP) is 0.968. The summed E-state index contributed by atoms with van der Waals surface area (Å²) in [5.74, 6) is -1.00. The molecule has 1 heterocycles. The first-order chi connectivity index (χ1) is 8.90. The number of nitrogens with one attached hydrogen (secondary N) is 1. The Morgan fingerprint density at radius 3 is 2.63 bits per heavy atom. The van der Waals surface area contributed by atoms with Gasteiger partial charge in [0.05, 0.1) is 0 Å². The number of carboxylic acid groups (broad SMARTS) is 1. The summed E-state index contributed by atoms with van der Waals surface area (Å²) in [4.78, 5) is 22.8. The molecule has 1 atom stereocenters. The highest BCUT2D eigenvalue weighted by Gasteiger charge is 2.20. The van der Waals surface area contributed by atoms with Crippen molar-refractivity contribution in [3.63, 3.8) is 0 Å². The molecule has 106 valence electrons. The number of carbonyl (C=O) groups excluding carboxylic acids is 1. The van der Waals surface area contributed by atoms with Gasteiger partial charge in [-0.25, -0.2) is 4.79 Å². The topological polar surface area (TPSA) is 84.2 Å². The first-order valence-corrected chi connectivity index (χ1v) is 6.39. The molecule has 0 aliphatic rings. The van der Waals surface area contributed by atoms with E-state index in [-0.39, 0.29) is 18.2 Å². The number of aromatic nitrogens is 2. The highest BCUT2D eigenvalue weighted by atomic mass is 16.4. The molecule has 2 N–H and O–H groups in total. The number of amides is 1. The van der Waals surface area contributed by atoms with E-state index in [0.29, 0.717) is 12.8 Å². The van der Waals surface area contributed by atoms with Gasteiger partial charge < -0.3 is 10.4 Å². The molecule has 1 aromatic heterocycles. The third-order valence-corrected chi connectivity index (χ3v) is 2.87. The normalized spacial score (nSPS) is 12.4. The van der Waals surface area contributed by atoms with Gasteiger partial charge in [-0.3, -0.25) is 9.48 Å². The van der Waals surface area contributed by atoms with E-state index in [1.54, 1.807) is 10.9 Å². The van der Waals surface area contributed by atoms with Gasteiger partial charge in [0.15, 0.2) is 0 Å². The average Bonchev–Trinajstić information content (AvgIpc) is 2.70. The van der Waals surface area contributed by atoms with Crippen molar-refractivity contribution in [2.45, 2.75) is 39.2 Å². The molecule has 1 rings (SSSR count). The van der Waals surface area contributed by atoms with Gasteiger partial charge in [-0.2, -0.15) is 5.10 Å². The monoisotopic (exact) mass is 267 g/mol. The molecule has 0 radical (unpaired) electrons. The lowest BCUT2D eigenvalue weighted by atomic mass is 10.0. The molecule has 19 heavy (non-hydrogen) atoms. The van der Waals surface area contributed by atoms with E-state index in [2.05, 4.69) is 10.4 Å². The molecule has 6 heteroatoms. The van der Waals surface area contributed by atoms with Crippen molar-refractivity contribution in [1.29, 1.82) is 0 Å². The largest absolute Gasteiger partial charge is 0.480 e. The van der Waals surface area contributed by atoms with Gasteiger partial charge in [-0.05, 0) is 24.8 Å². The van der Waals surface area contributed by atoms with Crippen molar-refractivity contribution >= 4 is 11.9 Å². The summed E-state index contributed by atoms with van der Waals surface area (Å²) < 4.78 is 1.70. The molecule has 0 saturated carbocycles. The molecule has 0 aliphatic heterocycles. The minimum Gasteiger partial charge on any atom is -0.480 e.